The van der Waals surface area contributed by atoms with E-state index >= 15 is 0 Å². The van der Waals surface area contributed by atoms with Gasteiger partial charge in [0.1, 0.15) is 10.7 Å². The fourth-order valence-electron chi connectivity index (χ4n) is 2.62. The number of hydrogen-bond donors (Lipinski definition) is 2. The molecule has 0 atom stereocenters. The molecule has 3 rings (SSSR count). The highest BCUT2D eigenvalue weighted by atomic mass is 32.2. The number of nitrogens with one attached hydrogen (secondary N) is 2. The van der Waals surface area contributed by atoms with Crippen LogP contribution >= 0.6 is 23.1 Å². The number of carbonyl (C=O) groups is 2. The second-order valence-corrected chi connectivity index (χ2v) is 8.61. The standard InChI is InChI=1S/C17H22N6O2S2/c1-6-11(24)19-20-12(25)7-26-17-22-21-15-13-9(4)10(5)27-16(13)18-14(8(2)3)23(15)17/h8H,6-7H2,1-5H3,(H,19,24)(H,20,25). The van der Waals surface area contributed by atoms with E-state index < -0.39 is 0 Å². The molecule has 3 aromatic rings. The van der Waals surface area contributed by atoms with Crippen LogP contribution in [-0.2, 0) is 9.59 Å². The van der Waals surface area contributed by atoms with Crippen LogP contribution in [0.1, 0.15) is 49.4 Å². The summed E-state index contributed by atoms with van der Waals surface area (Å²) >= 11 is 2.93. The molecule has 0 saturated carbocycles. The first-order valence-corrected chi connectivity index (χ1v) is 10.5. The van der Waals surface area contributed by atoms with Crippen molar-refractivity contribution in [3.05, 3.63) is 16.3 Å². The number of thioether (sulfide) groups is 1. The lowest BCUT2D eigenvalue weighted by atomic mass is 10.2. The van der Waals surface area contributed by atoms with E-state index in [9.17, 15) is 9.59 Å². The molecule has 3 aromatic heterocycles. The number of nitrogens with zero attached hydrogens (tertiary/aromatic N) is 4. The second kappa shape index (κ2) is 7.81. The monoisotopic (exact) mass is 406 g/mol. The number of fused-ring (bicyclic) bond motifs is 3. The Morgan fingerprint density at radius 3 is 2.56 bits per heavy atom. The van der Waals surface area contributed by atoms with Gasteiger partial charge >= 0.3 is 0 Å². The molecule has 2 amide bonds. The predicted octanol–water partition coefficient (Wildman–Crippen LogP) is 2.73. The number of amides is 2. The fourth-order valence-corrected chi connectivity index (χ4v) is 4.39. The van der Waals surface area contributed by atoms with Gasteiger partial charge in [-0.2, -0.15) is 0 Å². The summed E-state index contributed by atoms with van der Waals surface area (Å²) in [5, 5.41) is 10.3. The van der Waals surface area contributed by atoms with Crippen molar-refractivity contribution in [1.29, 1.82) is 0 Å². The van der Waals surface area contributed by atoms with Gasteiger partial charge in [0.05, 0.1) is 11.1 Å². The zero-order valence-corrected chi connectivity index (χ0v) is 17.5. The third-order valence-electron chi connectivity index (χ3n) is 4.18. The molecule has 0 spiro atoms. The third-order valence-corrected chi connectivity index (χ3v) is 6.21. The van der Waals surface area contributed by atoms with Crippen LogP contribution in [0.3, 0.4) is 0 Å². The molecule has 0 aliphatic carbocycles. The van der Waals surface area contributed by atoms with Crippen LogP contribution in [0, 0.1) is 13.8 Å². The summed E-state index contributed by atoms with van der Waals surface area (Å²) in [6.07, 6.45) is 0.307. The Labute approximate surface area is 165 Å². The smallest absolute Gasteiger partial charge is 0.248 e. The second-order valence-electron chi connectivity index (χ2n) is 6.47. The highest BCUT2D eigenvalue weighted by Crippen LogP contribution is 2.34. The van der Waals surface area contributed by atoms with Gasteiger partial charge in [0, 0.05) is 17.2 Å². The van der Waals surface area contributed by atoms with E-state index in [1.807, 2.05) is 4.40 Å². The number of hydrazine groups is 1. The number of aryl methyl sites for hydroxylation is 2. The van der Waals surface area contributed by atoms with Crippen molar-refractivity contribution in [3.63, 3.8) is 0 Å². The number of aromatic nitrogens is 4. The fraction of sp³-hybridized carbons (Fsp3) is 0.471. The number of carbonyl (C=O) groups excluding carboxylic acids is 2. The molecular formula is C17H22N6O2S2. The molecule has 0 aliphatic heterocycles. The number of thiophene rings is 1. The average molecular weight is 407 g/mol. The Morgan fingerprint density at radius 2 is 1.89 bits per heavy atom. The molecule has 0 radical (unpaired) electrons. The van der Waals surface area contributed by atoms with Crippen molar-refractivity contribution >= 4 is 50.8 Å². The molecule has 0 bridgehead atoms. The van der Waals surface area contributed by atoms with Crippen LogP contribution in [-0.4, -0.2) is 37.1 Å². The molecule has 0 fully saturated rings. The normalized spacial score (nSPS) is 11.5. The largest absolute Gasteiger partial charge is 0.273 e. The molecule has 144 valence electrons. The van der Waals surface area contributed by atoms with Gasteiger partial charge in [0.2, 0.25) is 11.8 Å². The van der Waals surface area contributed by atoms with Crippen molar-refractivity contribution in [2.24, 2.45) is 0 Å². The Bertz CT molecular complexity index is 1020. The van der Waals surface area contributed by atoms with E-state index in [0.29, 0.717) is 11.6 Å². The van der Waals surface area contributed by atoms with Crippen molar-refractivity contribution in [2.75, 3.05) is 5.75 Å². The zero-order chi connectivity index (χ0) is 19.7. The van der Waals surface area contributed by atoms with Crippen molar-refractivity contribution < 1.29 is 9.59 Å². The first-order chi connectivity index (χ1) is 12.8. The van der Waals surface area contributed by atoms with Gasteiger partial charge in [-0.3, -0.25) is 24.8 Å². The van der Waals surface area contributed by atoms with Crippen LogP contribution in [0.4, 0.5) is 0 Å². The third kappa shape index (κ3) is 3.77. The highest BCUT2D eigenvalue weighted by Gasteiger charge is 2.21. The van der Waals surface area contributed by atoms with Gasteiger partial charge < -0.3 is 0 Å². The minimum atomic E-state index is -0.304. The SMILES string of the molecule is CCC(=O)NNC(=O)CSc1nnc2c3c(C)c(C)sc3nc(C(C)C)n12. The molecule has 27 heavy (non-hydrogen) atoms. The van der Waals surface area contributed by atoms with E-state index in [1.54, 1.807) is 18.3 Å². The molecule has 8 nitrogen and oxygen atoms in total. The zero-order valence-electron chi connectivity index (χ0n) is 15.9. The van der Waals surface area contributed by atoms with Gasteiger partial charge in [-0.1, -0.05) is 32.5 Å². The topological polar surface area (TPSA) is 101 Å². The number of rotatable bonds is 5. The molecule has 2 N–H and O–H groups in total. The summed E-state index contributed by atoms with van der Waals surface area (Å²) in [6, 6.07) is 0. The summed E-state index contributed by atoms with van der Waals surface area (Å²) in [6.45, 7) is 10.0. The summed E-state index contributed by atoms with van der Waals surface area (Å²) in [5.74, 6) is 0.611. The van der Waals surface area contributed by atoms with Gasteiger partial charge in [0.25, 0.3) is 0 Å². The van der Waals surface area contributed by atoms with Gasteiger partial charge in [-0.15, -0.1) is 21.5 Å². The summed E-state index contributed by atoms with van der Waals surface area (Å²) in [5.41, 5.74) is 6.68. The Morgan fingerprint density at radius 1 is 1.19 bits per heavy atom. The summed E-state index contributed by atoms with van der Waals surface area (Å²) in [4.78, 5) is 30.2. The molecule has 0 aromatic carbocycles. The molecule has 0 saturated heterocycles. The highest BCUT2D eigenvalue weighted by molar-refractivity contribution is 7.99. The summed E-state index contributed by atoms with van der Waals surface area (Å²) in [7, 11) is 0. The first kappa shape index (κ1) is 19.6. The molecule has 0 aliphatic rings. The predicted molar refractivity (Wildman–Crippen MR) is 107 cm³/mol. The van der Waals surface area contributed by atoms with Crippen molar-refractivity contribution in [1.82, 2.24) is 30.4 Å². The quantitative estimate of drug-likeness (QED) is 0.499. The van der Waals surface area contributed by atoms with Gasteiger partial charge in [-0.25, -0.2) is 4.98 Å². The molecular weight excluding hydrogens is 384 g/mol. The van der Waals surface area contributed by atoms with E-state index in [1.165, 1.54) is 16.6 Å². The Kier molecular flexibility index (Phi) is 5.66. The van der Waals surface area contributed by atoms with E-state index in [4.69, 9.17) is 4.98 Å². The van der Waals surface area contributed by atoms with E-state index in [-0.39, 0.29) is 23.5 Å². The molecule has 10 heteroatoms. The Balaban J connectivity index is 1.94. The maximum Gasteiger partial charge on any atom is 0.248 e. The minimum absolute atomic E-state index is 0.113. The molecule has 3 heterocycles. The maximum absolute atomic E-state index is 12.0. The van der Waals surface area contributed by atoms with Crippen molar-refractivity contribution in [3.8, 4) is 0 Å². The lowest BCUT2D eigenvalue weighted by Crippen LogP contribution is -2.42. The van der Waals surface area contributed by atoms with E-state index in [0.717, 1.165) is 27.3 Å². The van der Waals surface area contributed by atoms with Crippen LogP contribution in [0.2, 0.25) is 0 Å². The molecule has 0 unspecified atom stereocenters. The van der Waals surface area contributed by atoms with Crippen molar-refractivity contribution in [2.45, 2.75) is 52.1 Å². The minimum Gasteiger partial charge on any atom is -0.273 e. The lowest BCUT2D eigenvalue weighted by molar-refractivity contribution is -0.127. The average Bonchev–Trinajstić information content (AvgIpc) is 3.18. The van der Waals surface area contributed by atoms with E-state index in [2.05, 4.69) is 48.7 Å². The maximum atomic E-state index is 12.0. The van der Waals surface area contributed by atoms with Crippen LogP contribution in [0.25, 0.3) is 15.9 Å². The van der Waals surface area contributed by atoms with Crippen LogP contribution in [0.5, 0.6) is 0 Å². The van der Waals surface area contributed by atoms with Crippen LogP contribution < -0.4 is 10.9 Å². The summed E-state index contributed by atoms with van der Waals surface area (Å²) < 4.78 is 1.94. The lowest BCUT2D eigenvalue weighted by Gasteiger charge is -2.10. The van der Waals surface area contributed by atoms with Gasteiger partial charge in [0.15, 0.2) is 10.8 Å². The number of hydrogen-bond acceptors (Lipinski definition) is 7. The first-order valence-electron chi connectivity index (χ1n) is 8.68. The van der Waals surface area contributed by atoms with Gasteiger partial charge in [-0.05, 0) is 19.4 Å². The Hall–Kier alpha value is -2.20. The van der Waals surface area contributed by atoms with Crippen LogP contribution in [0.15, 0.2) is 5.16 Å².